The van der Waals surface area contributed by atoms with Crippen LogP contribution in [0.15, 0.2) is 42.6 Å². The third-order valence-electron chi connectivity index (χ3n) is 3.05. The quantitative estimate of drug-likeness (QED) is 0.894. The minimum absolute atomic E-state index is 0.559. The van der Waals surface area contributed by atoms with Crippen LogP contribution in [0.1, 0.15) is 16.8 Å². The standard InChI is InChI=1S/C15H19N3/c1-12-6-5-7-13(10-16)15(12)18(2)11-14-8-3-4-9-17-14/h3-9H,10-11,16H2,1-2H3. The number of rotatable bonds is 4. The maximum atomic E-state index is 5.81. The lowest BCUT2D eigenvalue weighted by atomic mass is 10.1. The Bertz CT molecular complexity index is 508. The molecule has 1 heterocycles. The number of nitrogens with two attached hydrogens (primary N) is 1. The lowest BCUT2D eigenvalue weighted by molar-refractivity contribution is 0.867. The number of nitrogens with zero attached hydrogens (tertiary/aromatic N) is 2. The fraction of sp³-hybridized carbons (Fsp3) is 0.267. The Morgan fingerprint density at radius 2 is 2.00 bits per heavy atom. The fourth-order valence-electron chi connectivity index (χ4n) is 2.24. The summed E-state index contributed by atoms with van der Waals surface area (Å²) in [6.45, 7) is 3.46. The van der Waals surface area contributed by atoms with Gasteiger partial charge in [-0.2, -0.15) is 0 Å². The summed E-state index contributed by atoms with van der Waals surface area (Å²) in [7, 11) is 2.08. The molecular formula is C15H19N3. The van der Waals surface area contributed by atoms with Gasteiger partial charge in [0.2, 0.25) is 0 Å². The molecule has 0 saturated heterocycles. The third kappa shape index (κ3) is 2.68. The van der Waals surface area contributed by atoms with Crippen molar-refractivity contribution in [2.75, 3.05) is 11.9 Å². The zero-order valence-corrected chi connectivity index (χ0v) is 10.9. The Morgan fingerprint density at radius 3 is 2.67 bits per heavy atom. The zero-order valence-electron chi connectivity index (χ0n) is 10.9. The second kappa shape index (κ2) is 5.65. The second-order valence-corrected chi connectivity index (χ2v) is 4.46. The number of anilines is 1. The first kappa shape index (κ1) is 12.6. The summed E-state index contributed by atoms with van der Waals surface area (Å²) in [6.07, 6.45) is 1.82. The van der Waals surface area contributed by atoms with Crippen molar-refractivity contribution in [2.45, 2.75) is 20.0 Å². The molecule has 94 valence electrons. The maximum absolute atomic E-state index is 5.81. The second-order valence-electron chi connectivity index (χ2n) is 4.46. The number of aromatic nitrogens is 1. The number of pyridine rings is 1. The molecule has 0 aliphatic heterocycles. The summed E-state index contributed by atoms with van der Waals surface area (Å²) in [4.78, 5) is 6.56. The summed E-state index contributed by atoms with van der Waals surface area (Å²) < 4.78 is 0. The monoisotopic (exact) mass is 241 g/mol. The Balaban J connectivity index is 2.26. The molecule has 0 saturated carbocycles. The van der Waals surface area contributed by atoms with Crippen LogP contribution in [0.2, 0.25) is 0 Å². The molecule has 0 amide bonds. The van der Waals surface area contributed by atoms with Gasteiger partial charge in [-0.1, -0.05) is 24.3 Å². The molecule has 3 heteroatoms. The van der Waals surface area contributed by atoms with Crippen molar-refractivity contribution in [3.63, 3.8) is 0 Å². The maximum Gasteiger partial charge on any atom is 0.0598 e. The van der Waals surface area contributed by atoms with E-state index in [9.17, 15) is 0 Å². The molecule has 0 unspecified atom stereocenters. The van der Waals surface area contributed by atoms with E-state index in [0.29, 0.717) is 6.54 Å². The highest BCUT2D eigenvalue weighted by Gasteiger charge is 2.10. The molecule has 3 nitrogen and oxygen atoms in total. The van der Waals surface area contributed by atoms with E-state index in [0.717, 1.165) is 12.2 Å². The highest BCUT2D eigenvalue weighted by molar-refractivity contribution is 5.58. The number of benzene rings is 1. The van der Waals surface area contributed by atoms with E-state index in [-0.39, 0.29) is 0 Å². The van der Waals surface area contributed by atoms with Crippen molar-refractivity contribution in [3.8, 4) is 0 Å². The van der Waals surface area contributed by atoms with Gasteiger partial charge in [0.1, 0.15) is 0 Å². The first-order valence-electron chi connectivity index (χ1n) is 6.12. The summed E-state index contributed by atoms with van der Waals surface area (Å²) in [5.41, 5.74) is 10.5. The third-order valence-corrected chi connectivity index (χ3v) is 3.05. The zero-order chi connectivity index (χ0) is 13.0. The molecule has 0 atom stereocenters. The molecule has 0 radical (unpaired) electrons. The Hall–Kier alpha value is -1.87. The molecule has 0 bridgehead atoms. The molecule has 2 aromatic rings. The molecule has 2 rings (SSSR count). The topological polar surface area (TPSA) is 42.1 Å². The number of aryl methyl sites for hydroxylation is 1. The first-order valence-corrected chi connectivity index (χ1v) is 6.12. The SMILES string of the molecule is Cc1cccc(CN)c1N(C)Cc1ccccn1. The highest BCUT2D eigenvalue weighted by Crippen LogP contribution is 2.24. The van der Waals surface area contributed by atoms with Gasteiger partial charge in [-0.25, -0.2) is 0 Å². The van der Waals surface area contributed by atoms with Crippen LogP contribution in [-0.2, 0) is 13.1 Å². The predicted octanol–water partition coefficient (Wildman–Crippen LogP) is 2.49. The molecule has 0 aliphatic rings. The van der Waals surface area contributed by atoms with Gasteiger partial charge in [0.15, 0.2) is 0 Å². The minimum atomic E-state index is 0.559. The van der Waals surface area contributed by atoms with Gasteiger partial charge in [-0.3, -0.25) is 4.98 Å². The van der Waals surface area contributed by atoms with Gasteiger partial charge < -0.3 is 10.6 Å². The van der Waals surface area contributed by atoms with Crippen LogP contribution in [0.5, 0.6) is 0 Å². The molecule has 18 heavy (non-hydrogen) atoms. The van der Waals surface area contributed by atoms with Gasteiger partial charge >= 0.3 is 0 Å². The lowest BCUT2D eigenvalue weighted by Crippen LogP contribution is -2.20. The molecule has 1 aromatic heterocycles. The summed E-state index contributed by atoms with van der Waals surface area (Å²) in [6, 6.07) is 12.2. The van der Waals surface area contributed by atoms with Gasteiger partial charge in [0, 0.05) is 25.5 Å². The van der Waals surface area contributed by atoms with E-state index in [1.54, 1.807) is 0 Å². The van der Waals surface area contributed by atoms with Crippen molar-refractivity contribution in [3.05, 3.63) is 59.4 Å². The van der Waals surface area contributed by atoms with Crippen molar-refractivity contribution in [1.82, 2.24) is 4.98 Å². The Kier molecular flexibility index (Phi) is 3.95. The van der Waals surface area contributed by atoms with E-state index in [1.807, 2.05) is 24.4 Å². The van der Waals surface area contributed by atoms with Gasteiger partial charge in [-0.05, 0) is 30.2 Å². The summed E-state index contributed by atoms with van der Waals surface area (Å²) >= 11 is 0. The number of para-hydroxylation sites is 1. The van der Waals surface area contributed by atoms with E-state index in [2.05, 4.69) is 42.1 Å². The molecule has 2 N–H and O–H groups in total. The molecule has 0 fully saturated rings. The molecular weight excluding hydrogens is 222 g/mol. The Labute approximate surface area is 108 Å². The minimum Gasteiger partial charge on any atom is -0.368 e. The van der Waals surface area contributed by atoms with Gasteiger partial charge in [0.05, 0.1) is 12.2 Å². The van der Waals surface area contributed by atoms with Crippen LogP contribution < -0.4 is 10.6 Å². The van der Waals surface area contributed by atoms with Crippen LogP contribution in [0, 0.1) is 6.92 Å². The van der Waals surface area contributed by atoms with Crippen LogP contribution in [0.3, 0.4) is 0 Å². The van der Waals surface area contributed by atoms with E-state index < -0.39 is 0 Å². The van der Waals surface area contributed by atoms with Crippen LogP contribution >= 0.6 is 0 Å². The van der Waals surface area contributed by atoms with Crippen LogP contribution in [-0.4, -0.2) is 12.0 Å². The molecule has 0 aliphatic carbocycles. The van der Waals surface area contributed by atoms with E-state index in [4.69, 9.17) is 5.73 Å². The number of hydrogen-bond donors (Lipinski definition) is 1. The molecule has 1 aromatic carbocycles. The van der Waals surface area contributed by atoms with Crippen molar-refractivity contribution in [1.29, 1.82) is 0 Å². The first-order chi connectivity index (χ1) is 8.72. The number of hydrogen-bond acceptors (Lipinski definition) is 3. The predicted molar refractivity (Wildman–Crippen MR) is 75.4 cm³/mol. The fourth-order valence-corrected chi connectivity index (χ4v) is 2.24. The summed E-state index contributed by atoms with van der Waals surface area (Å²) in [5, 5.41) is 0. The normalized spacial score (nSPS) is 10.4. The van der Waals surface area contributed by atoms with Gasteiger partial charge in [0.25, 0.3) is 0 Å². The average Bonchev–Trinajstić information content (AvgIpc) is 2.39. The molecule has 0 spiro atoms. The summed E-state index contributed by atoms with van der Waals surface area (Å²) in [5.74, 6) is 0. The average molecular weight is 241 g/mol. The van der Waals surface area contributed by atoms with Crippen molar-refractivity contribution in [2.24, 2.45) is 5.73 Å². The van der Waals surface area contributed by atoms with Gasteiger partial charge in [-0.15, -0.1) is 0 Å². The van der Waals surface area contributed by atoms with Crippen LogP contribution in [0.25, 0.3) is 0 Å². The largest absolute Gasteiger partial charge is 0.368 e. The lowest BCUT2D eigenvalue weighted by Gasteiger charge is -2.24. The van der Waals surface area contributed by atoms with Crippen LogP contribution in [0.4, 0.5) is 5.69 Å². The van der Waals surface area contributed by atoms with E-state index in [1.165, 1.54) is 16.8 Å². The van der Waals surface area contributed by atoms with E-state index >= 15 is 0 Å². The smallest absolute Gasteiger partial charge is 0.0598 e. The van der Waals surface area contributed by atoms with Crippen molar-refractivity contribution >= 4 is 5.69 Å². The Morgan fingerprint density at radius 1 is 1.17 bits per heavy atom. The highest BCUT2D eigenvalue weighted by atomic mass is 15.1. The van der Waals surface area contributed by atoms with Crippen molar-refractivity contribution < 1.29 is 0 Å².